The summed E-state index contributed by atoms with van der Waals surface area (Å²) in [5, 5.41) is 17.2. The predicted octanol–water partition coefficient (Wildman–Crippen LogP) is 4.04. The van der Waals surface area contributed by atoms with Gasteiger partial charge in [-0.05, 0) is 61.4 Å². The Morgan fingerprint density at radius 3 is 2.17 bits per heavy atom. The van der Waals surface area contributed by atoms with E-state index in [9.17, 15) is 14.4 Å². The van der Waals surface area contributed by atoms with E-state index < -0.39 is 5.97 Å². The highest BCUT2D eigenvalue weighted by atomic mass is 16.5. The Labute approximate surface area is 173 Å². The van der Waals surface area contributed by atoms with Gasteiger partial charge in [0, 0.05) is 19.4 Å². The van der Waals surface area contributed by atoms with Gasteiger partial charge in [-0.25, -0.2) is 0 Å². The van der Waals surface area contributed by atoms with Crippen molar-refractivity contribution in [2.24, 2.45) is 10.2 Å². The Morgan fingerprint density at radius 2 is 1.60 bits per heavy atom. The van der Waals surface area contributed by atoms with E-state index in [1.165, 1.54) is 0 Å². The van der Waals surface area contributed by atoms with Gasteiger partial charge in [0.05, 0.1) is 29.4 Å². The second kappa shape index (κ2) is 9.09. The van der Waals surface area contributed by atoms with Crippen molar-refractivity contribution in [1.82, 2.24) is 4.90 Å². The van der Waals surface area contributed by atoms with Crippen molar-refractivity contribution in [1.29, 1.82) is 5.26 Å². The van der Waals surface area contributed by atoms with Crippen molar-refractivity contribution in [3.05, 3.63) is 53.1 Å². The van der Waals surface area contributed by atoms with Gasteiger partial charge in [0.2, 0.25) is 11.8 Å². The highest BCUT2D eigenvalue weighted by molar-refractivity contribution is 6.02. The number of aryl methyl sites for hydroxylation is 2. The molecule has 0 spiro atoms. The number of nitriles is 1. The fourth-order valence-electron chi connectivity index (χ4n) is 3.10. The third-order valence-corrected chi connectivity index (χ3v) is 4.63. The molecule has 0 unspecified atom stereocenters. The number of ether oxygens (including phenoxy) is 1. The van der Waals surface area contributed by atoms with Crippen molar-refractivity contribution in [2.45, 2.75) is 33.1 Å². The largest absolute Gasteiger partial charge is 0.426 e. The minimum Gasteiger partial charge on any atom is -0.426 e. The zero-order valence-electron chi connectivity index (χ0n) is 16.7. The minimum atomic E-state index is -0.513. The number of nitrogens with zero attached hydrogens (tertiary/aromatic N) is 4. The number of carbonyl (C=O) groups excluding carboxylic acids is 3. The molecular formula is C22H20N4O4. The topological polar surface area (TPSA) is 112 Å². The Kier molecular flexibility index (Phi) is 6.32. The second-order valence-electron chi connectivity index (χ2n) is 6.93. The van der Waals surface area contributed by atoms with Gasteiger partial charge in [-0.15, -0.1) is 0 Å². The van der Waals surface area contributed by atoms with Gasteiger partial charge in [-0.1, -0.05) is 0 Å². The smallest absolute Gasteiger partial charge is 0.313 e. The number of rotatable bonds is 6. The quantitative estimate of drug-likeness (QED) is 0.312. The fraction of sp³-hybridized carbons (Fsp3) is 0.273. The van der Waals surface area contributed by atoms with E-state index in [1.807, 2.05) is 6.07 Å². The molecule has 0 aliphatic carbocycles. The summed E-state index contributed by atoms with van der Waals surface area (Å²) >= 11 is 0. The molecule has 1 heterocycles. The molecule has 30 heavy (non-hydrogen) atoms. The van der Waals surface area contributed by atoms with Gasteiger partial charge in [0.1, 0.15) is 5.75 Å². The third-order valence-electron chi connectivity index (χ3n) is 4.63. The van der Waals surface area contributed by atoms with Gasteiger partial charge in [0.25, 0.3) is 0 Å². The number of benzene rings is 2. The average Bonchev–Trinajstić information content (AvgIpc) is 3.05. The molecule has 0 N–H and O–H groups in total. The van der Waals surface area contributed by atoms with Gasteiger partial charge in [0.15, 0.2) is 0 Å². The van der Waals surface area contributed by atoms with E-state index >= 15 is 0 Å². The molecular weight excluding hydrogens is 384 g/mol. The zero-order chi connectivity index (χ0) is 21.7. The monoisotopic (exact) mass is 404 g/mol. The first kappa shape index (κ1) is 20.9. The standard InChI is InChI=1S/C22H20N4O4/c1-14-11-18(25-24-17-5-3-16(13-23)4-6-17)12-15(2)22(14)30-21(29)9-10-26-19(27)7-8-20(26)28/h3-6,11-12H,7-10H2,1-2H3. The lowest BCUT2D eigenvalue weighted by Crippen LogP contribution is -2.32. The van der Waals surface area contributed by atoms with E-state index in [1.54, 1.807) is 50.2 Å². The summed E-state index contributed by atoms with van der Waals surface area (Å²) < 4.78 is 5.46. The number of hydrogen-bond acceptors (Lipinski definition) is 7. The van der Waals surface area contributed by atoms with Gasteiger partial charge < -0.3 is 4.74 Å². The van der Waals surface area contributed by atoms with Crippen LogP contribution in [0.15, 0.2) is 46.6 Å². The molecule has 1 saturated heterocycles. The van der Waals surface area contributed by atoms with Crippen LogP contribution in [0.4, 0.5) is 11.4 Å². The van der Waals surface area contributed by atoms with Crippen LogP contribution in [0, 0.1) is 25.2 Å². The SMILES string of the molecule is Cc1cc(N=Nc2ccc(C#N)cc2)cc(C)c1OC(=O)CCN1C(=O)CCC1=O. The Morgan fingerprint density at radius 1 is 1.03 bits per heavy atom. The average molecular weight is 404 g/mol. The molecule has 2 amide bonds. The molecule has 1 aliphatic rings. The molecule has 1 aliphatic heterocycles. The molecule has 0 aromatic heterocycles. The predicted molar refractivity (Wildman–Crippen MR) is 107 cm³/mol. The Balaban J connectivity index is 1.64. The molecule has 2 aromatic carbocycles. The number of imide groups is 1. The lowest BCUT2D eigenvalue weighted by atomic mass is 10.1. The van der Waals surface area contributed by atoms with E-state index in [-0.39, 0.29) is 37.6 Å². The normalized spacial score (nSPS) is 13.7. The van der Waals surface area contributed by atoms with Crippen LogP contribution in [-0.2, 0) is 14.4 Å². The lowest BCUT2D eigenvalue weighted by molar-refractivity contribution is -0.140. The van der Waals surface area contributed by atoms with Crippen molar-refractivity contribution in [3.63, 3.8) is 0 Å². The Bertz CT molecular complexity index is 1030. The molecule has 0 bridgehead atoms. The van der Waals surface area contributed by atoms with Crippen LogP contribution < -0.4 is 4.74 Å². The third kappa shape index (κ3) is 4.94. The van der Waals surface area contributed by atoms with Crippen LogP contribution in [0.1, 0.15) is 36.0 Å². The van der Waals surface area contributed by atoms with Crippen molar-refractivity contribution >= 4 is 29.2 Å². The van der Waals surface area contributed by atoms with Crippen LogP contribution in [0.5, 0.6) is 5.75 Å². The molecule has 8 heteroatoms. The first-order valence-corrected chi connectivity index (χ1v) is 9.44. The summed E-state index contributed by atoms with van der Waals surface area (Å²) in [6.07, 6.45) is 0.339. The van der Waals surface area contributed by atoms with Crippen molar-refractivity contribution < 1.29 is 19.1 Å². The maximum absolute atomic E-state index is 12.2. The highest BCUT2D eigenvalue weighted by Gasteiger charge is 2.29. The molecule has 0 radical (unpaired) electrons. The van der Waals surface area contributed by atoms with E-state index in [4.69, 9.17) is 10.00 Å². The van der Waals surface area contributed by atoms with Crippen molar-refractivity contribution in [3.8, 4) is 11.8 Å². The van der Waals surface area contributed by atoms with Crippen LogP contribution >= 0.6 is 0 Å². The van der Waals surface area contributed by atoms with Crippen LogP contribution in [0.2, 0.25) is 0 Å². The highest BCUT2D eigenvalue weighted by Crippen LogP contribution is 2.30. The zero-order valence-corrected chi connectivity index (χ0v) is 16.7. The maximum atomic E-state index is 12.2. The van der Waals surface area contributed by atoms with Crippen molar-refractivity contribution in [2.75, 3.05) is 6.54 Å². The molecule has 0 saturated carbocycles. The summed E-state index contributed by atoms with van der Waals surface area (Å²) in [4.78, 5) is 36.5. The van der Waals surface area contributed by atoms with Crippen LogP contribution in [0.25, 0.3) is 0 Å². The fourth-order valence-corrected chi connectivity index (χ4v) is 3.10. The number of hydrogen-bond donors (Lipinski definition) is 0. The summed E-state index contributed by atoms with van der Waals surface area (Å²) in [6.45, 7) is 3.62. The van der Waals surface area contributed by atoms with Gasteiger partial charge in [-0.2, -0.15) is 15.5 Å². The molecule has 8 nitrogen and oxygen atoms in total. The van der Waals surface area contributed by atoms with Gasteiger partial charge in [-0.3, -0.25) is 19.3 Å². The number of carbonyl (C=O) groups is 3. The summed E-state index contributed by atoms with van der Waals surface area (Å²) in [5.74, 6) is -0.591. The molecule has 152 valence electrons. The maximum Gasteiger partial charge on any atom is 0.313 e. The Hall–Kier alpha value is -3.86. The number of esters is 1. The summed E-state index contributed by atoms with van der Waals surface area (Å²) in [5.41, 5.74) is 3.19. The minimum absolute atomic E-state index is 0.0332. The first-order chi connectivity index (χ1) is 14.4. The summed E-state index contributed by atoms with van der Waals surface area (Å²) in [7, 11) is 0. The van der Waals surface area contributed by atoms with E-state index in [0.717, 1.165) is 4.90 Å². The molecule has 1 fully saturated rings. The number of likely N-dealkylation sites (tertiary alicyclic amines) is 1. The lowest BCUT2D eigenvalue weighted by Gasteiger charge is -2.14. The van der Waals surface area contributed by atoms with Gasteiger partial charge >= 0.3 is 5.97 Å². The van der Waals surface area contributed by atoms with E-state index in [0.29, 0.717) is 33.8 Å². The number of azo groups is 1. The van der Waals surface area contributed by atoms with Crippen LogP contribution in [0.3, 0.4) is 0 Å². The summed E-state index contributed by atoms with van der Waals surface area (Å²) in [6, 6.07) is 12.3. The number of amides is 2. The molecule has 0 atom stereocenters. The first-order valence-electron chi connectivity index (χ1n) is 9.44. The van der Waals surface area contributed by atoms with Crippen LogP contribution in [-0.4, -0.2) is 29.2 Å². The second-order valence-corrected chi connectivity index (χ2v) is 6.93. The van der Waals surface area contributed by atoms with E-state index in [2.05, 4.69) is 10.2 Å². The molecule has 2 aromatic rings. The molecule has 3 rings (SSSR count).